The van der Waals surface area contributed by atoms with Crippen LogP contribution in [0.25, 0.3) is 0 Å². The van der Waals surface area contributed by atoms with Gasteiger partial charge in [-0.1, -0.05) is 25.7 Å². The lowest BCUT2D eigenvalue weighted by Crippen LogP contribution is -2.20. The molecule has 26 heavy (non-hydrogen) atoms. The number of methoxy groups -OCH3 is 1. The second-order valence-electron chi connectivity index (χ2n) is 6.45. The fourth-order valence-corrected chi connectivity index (χ4v) is 3.08. The molecule has 1 aromatic carbocycles. The number of nitrogens with one attached hydrogen (secondary N) is 2. The zero-order valence-corrected chi connectivity index (χ0v) is 15.3. The van der Waals surface area contributed by atoms with Gasteiger partial charge in [-0.25, -0.2) is 0 Å². The highest BCUT2D eigenvalue weighted by atomic mass is 16.5. The van der Waals surface area contributed by atoms with E-state index in [1.54, 1.807) is 13.3 Å². The van der Waals surface area contributed by atoms with Gasteiger partial charge in [0, 0.05) is 6.04 Å². The van der Waals surface area contributed by atoms with Crippen molar-refractivity contribution in [3.8, 4) is 11.5 Å². The van der Waals surface area contributed by atoms with Crippen LogP contribution in [0.15, 0.2) is 30.5 Å². The van der Waals surface area contributed by atoms with Gasteiger partial charge >= 0.3 is 0 Å². The average Bonchev–Trinajstić information content (AvgIpc) is 2.95. The standard InChI is InChI=1S/C19H27N5O2/c1-25-16-8-10-17(11-9-16)26-13-12-20-19-23-18(14-21-24-19)22-15-6-4-2-3-5-7-15/h8-11,14-15H,2-7,12-13H2,1H3,(H2,20,22,23,24). The van der Waals surface area contributed by atoms with Crippen LogP contribution in [0.1, 0.15) is 38.5 Å². The Morgan fingerprint density at radius 3 is 2.50 bits per heavy atom. The fourth-order valence-electron chi connectivity index (χ4n) is 3.08. The van der Waals surface area contributed by atoms with Crippen LogP contribution in [0.5, 0.6) is 11.5 Å². The summed E-state index contributed by atoms with van der Waals surface area (Å²) in [6.07, 6.45) is 9.31. The Morgan fingerprint density at radius 1 is 1.04 bits per heavy atom. The molecule has 3 rings (SSSR count). The Balaban J connectivity index is 1.42. The second-order valence-corrected chi connectivity index (χ2v) is 6.45. The molecule has 0 spiro atoms. The lowest BCUT2D eigenvalue weighted by atomic mass is 10.1. The van der Waals surface area contributed by atoms with Crippen LogP contribution in [-0.2, 0) is 0 Å². The number of benzene rings is 1. The Morgan fingerprint density at radius 2 is 1.77 bits per heavy atom. The van der Waals surface area contributed by atoms with E-state index in [4.69, 9.17) is 9.47 Å². The van der Waals surface area contributed by atoms with Gasteiger partial charge in [-0.2, -0.15) is 10.1 Å². The number of anilines is 2. The van der Waals surface area contributed by atoms with Gasteiger partial charge in [0.25, 0.3) is 0 Å². The normalized spacial score (nSPS) is 15.1. The summed E-state index contributed by atoms with van der Waals surface area (Å²) >= 11 is 0. The van der Waals surface area contributed by atoms with E-state index in [1.807, 2.05) is 24.3 Å². The van der Waals surface area contributed by atoms with Crippen LogP contribution in [0, 0.1) is 0 Å². The van der Waals surface area contributed by atoms with Gasteiger partial charge in [0.1, 0.15) is 18.1 Å². The molecule has 1 heterocycles. The third-order valence-electron chi connectivity index (χ3n) is 4.48. The molecule has 140 valence electrons. The molecule has 1 aliphatic rings. The van der Waals surface area contributed by atoms with Crippen LogP contribution in [0.2, 0.25) is 0 Å². The van der Waals surface area contributed by atoms with Crippen molar-refractivity contribution in [2.24, 2.45) is 0 Å². The summed E-state index contributed by atoms with van der Waals surface area (Å²) in [6.45, 7) is 1.11. The second kappa shape index (κ2) is 9.79. The highest BCUT2D eigenvalue weighted by molar-refractivity contribution is 5.38. The average molecular weight is 357 g/mol. The van der Waals surface area contributed by atoms with E-state index in [9.17, 15) is 0 Å². The van der Waals surface area contributed by atoms with E-state index in [1.165, 1.54) is 38.5 Å². The Kier molecular flexibility index (Phi) is 6.87. The third kappa shape index (κ3) is 5.75. The fraction of sp³-hybridized carbons (Fsp3) is 0.526. The van der Waals surface area contributed by atoms with Crippen molar-refractivity contribution < 1.29 is 9.47 Å². The third-order valence-corrected chi connectivity index (χ3v) is 4.48. The number of rotatable bonds is 8. The summed E-state index contributed by atoms with van der Waals surface area (Å²) in [5.74, 6) is 2.91. The number of hydrogen-bond acceptors (Lipinski definition) is 7. The lowest BCUT2D eigenvalue weighted by Gasteiger charge is -2.16. The molecule has 0 radical (unpaired) electrons. The molecule has 1 aliphatic carbocycles. The monoisotopic (exact) mass is 357 g/mol. The molecule has 7 heteroatoms. The molecule has 2 N–H and O–H groups in total. The Labute approximate surface area is 154 Å². The largest absolute Gasteiger partial charge is 0.497 e. The highest BCUT2D eigenvalue weighted by Crippen LogP contribution is 2.20. The molecule has 2 aromatic rings. The predicted octanol–water partition coefficient (Wildman–Crippen LogP) is 3.51. The van der Waals surface area contributed by atoms with E-state index in [-0.39, 0.29) is 0 Å². The SMILES string of the molecule is COc1ccc(OCCNc2nncc(NC3CCCCCC3)n2)cc1. The van der Waals surface area contributed by atoms with Gasteiger partial charge in [0.2, 0.25) is 5.95 Å². The first-order valence-electron chi connectivity index (χ1n) is 9.30. The lowest BCUT2D eigenvalue weighted by molar-refractivity contribution is 0.331. The number of hydrogen-bond donors (Lipinski definition) is 2. The van der Waals surface area contributed by atoms with E-state index in [0.29, 0.717) is 25.1 Å². The molecule has 1 fully saturated rings. The summed E-state index contributed by atoms with van der Waals surface area (Å²) in [7, 11) is 1.65. The minimum absolute atomic E-state index is 0.487. The van der Waals surface area contributed by atoms with E-state index in [2.05, 4.69) is 25.8 Å². The van der Waals surface area contributed by atoms with Gasteiger partial charge in [-0.05, 0) is 37.1 Å². The topological polar surface area (TPSA) is 81.2 Å². The maximum Gasteiger partial charge on any atom is 0.244 e. The van der Waals surface area contributed by atoms with Crippen molar-refractivity contribution in [3.05, 3.63) is 30.5 Å². The summed E-state index contributed by atoms with van der Waals surface area (Å²) in [5, 5.41) is 14.7. The van der Waals surface area contributed by atoms with Crippen molar-refractivity contribution in [2.75, 3.05) is 30.9 Å². The van der Waals surface area contributed by atoms with Gasteiger partial charge in [-0.3, -0.25) is 0 Å². The van der Waals surface area contributed by atoms with Gasteiger partial charge in [0.15, 0.2) is 5.82 Å². The predicted molar refractivity (Wildman–Crippen MR) is 102 cm³/mol. The molecule has 0 saturated heterocycles. The maximum atomic E-state index is 5.68. The van der Waals surface area contributed by atoms with Crippen LogP contribution >= 0.6 is 0 Å². The van der Waals surface area contributed by atoms with Gasteiger partial charge in [-0.15, -0.1) is 5.10 Å². The molecule has 0 atom stereocenters. The van der Waals surface area contributed by atoms with Crippen molar-refractivity contribution in [3.63, 3.8) is 0 Å². The smallest absolute Gasteiger partial charge is 0.244 e. The first-order chi connectivity index (χ1) is 12.8. The summed E-state index contributed by atoms with van der Waals surface area (Å²) in [6, 6.07) is 8.00. The minimum atomic E-state index is 0.487. The Hall–Kier alpha value is -2.57. The quantitative estimate of drug-likeness (QED) is 0.553. The summed E-state index contributed by atoms with van der Waals surface area (Å²) in [5.41, 5.74) is 0. The molecule has 0 amide bonds. The van der Waals surface area contributed by atoms with Crippen molar-refractivity contribution in [1.29, 1.82) is 0 Å². The minimum Gasteiger partial charge on any atom is -0.497 e. The van der Waals surface area contributed by atoms with Crippen molar-refractivity contribution in [2.45, 2.75) is 44.6 Å². The zero-order chi connectivity index (χ0) is 18.0. The molecule has 1 saturated carbocycles. The van der Waals surface area contributed by atoms with E-state index < -0.39 is 0 Å². The van der Waals surface area contributed by atoms with Crippen molar-refractivity contribution >= 4 is 11.8 Å². The first kappa shape index (κ1) is 18.2. The van der Waals surface area contributed by atoms with Crippen LogP contribution in [0.3, 0.4) is 0 Å². The van der Waals surface area contributed by atoms with Gasteiger partial charge < -0.3 is 20.1 Å². The van der Waals surface area contributed by atoms with Crippen LogP contribution < -0.4 is 20.1 Å². The Bertz CT molecular complexity index is 657. The summed E-state index contributed by atoms with van der Waals surface area (Å²) < 4.78 is 10.8. The van der Waals surface area contributed by atoms with E-state index >= 15 is 0 Å². The molecule has 0 aliphatic heterocycles. The van der Waals surface area contributed by atoms with Crippen LogP contribution in [0.4, 0.5) is 11.8 Å². The number of ether oxygens (including phenoxy) is 2. The molecule has 0 unspecified atom stereocenters. The highest BCUT2D eigenvalue weighted by Gasteiger charge is 2.13. The molecule has 0 bridgehead atoms. The molecule has 1 aromatic heterocycles. The molecule has 7 nitrogen and oxygen atoms in total. The summed E-state index contributed by atoms with van der Waals surface area (Å²) in [4.78, 5) is 4.50. The zero-order valence-electron chi connectivity index (χ0n) is 15.3. The molecular formula is C19H27N5O2. The van der Waals surface area contributed by atoms with Crippen LogP contribution in [-0.4, -0.2) is 41.5 Å². The maximum absolute atomic E-state index is 5.68. The number of nitrogens with zero attached hydrogens (tertiary/aromatic N) is 3. The first-order valence-corrected chi connectivity index (χ1v) is 9.30. The van der Waals surface area contributed by atoms with Crippen molar-refractivity contribution in [1.82, 2.24) is 15.2 Å². The van der Waals surface area contributed by atoms with Gasteiger partial charge in [0.05, 0.1) is 19.9 Å². The number of aromatic nitrogens is 3. The van der Waals surface area contributed by atoms with E-state index in [0.717, 1.165) is 17.3 Å². The molecular weight excluding hydrogens is 330 g/mol.